The second-order valence-electron chi connectivity index (χ2n) is 9.20. The van der Waals surface area contributed by atoms with Crippen LogP contribution in [-0.4, -0.2) is 21.9 Å². The van der Waals surface area contributed by atoms with Crippen LogP contribution in [-0.2, 0) is 0 Å². The first-order valence-electron chi connectivity index (χ1n) is 10.4. The number of hydrogen-bond acceptors (Lipinski definition) is 5. The molecule has 0 radical (unpaired) electrons. The molecule has 1 aromatic carbocycles. The molecule has 3 aromatic rings. The summed E-state index contributed by atoms with van der Waals surface area (Å²) in [4.78, 5) is 21.5. The van der Waals surface area contributed by atoms with E-state index in [-0.39, 0.29) is 34.8 Å². The van der Waals surface area contributed by atoms with Crippen LogP contribution in [0.2, 0.25) is 0 Å². The average Bonchev–Trinajstić information content (AvgIpc) is 3.19. The molecular weight excluding hydrogens is 411 g/mol. The number of thiazole rings is 1. The van der Waals surface area contributed by atoms with Crippen LogP contribution >= 0.6 is 11.3 Å². The molecule has 31 heavy (non-hydrogen) atoms. The first kappa shape index (κ1) is 21.6. The maximum Gasteiger partial charge on any atom is 0.275 e. The van der Waals surface area contributed by atoms with Crippen LogP contribution < -0.4 is 11.1 Å². The highest BCUT2D eigenvalue weighted by Crippen LogP contribution is 2.44. The molecule has 2 aromatic heterocycles. The first-order chi connectivity index (χ1) is 14.7. The maximum absolute atomic E-state index is 14.2. The van der Waals surface area contributed by atoms with Crippen molar-refractivity contribution < 1.29 is 9.18 Å². The molecule has 1 aliphatic carbocycles. The quantitative estimate of drug-likeness (QED) is 0.561. The van der Waals surface area contributed by atoms with Crippen molar-refractivity contribution in [3.63, 3.8) is 0 Å². The molecule has 7 heteroatoms. The predicted molar refractivity (Wildman–Crippen MR) is 123 cm³/mol. The normalized spacial score (nSPS) is 20.4. The van der Waals surface area contributed by atoms with E-state index >= 15 is 0 Å². The average molecular weight is 439 g/mol. The summed E-state index contributed by atoms with van der Waals surface area (Å²) in [5.74, 6) is -0.425. The minimum absolute atomic E-state index is 0.135. The first-order valence-corrected chi connectivity index (χ1v) is 11.3. The van der Waals surface area contributed by atoms with Gasteiger partial charge in [0.15, 0.2) is 0 Å². The summed E-state index contributed by atoms with van der Waals surface area (Å²) in [6, 6.07) is 6.97. The van der Waals surface area contributed by atoms with Crippen LogP contribution in [0.4, 0.5) is 10.1 Å². The smallest absolute Gasteiger partial charge is 0.275 e. The third-order valence-corrected chi connectivity index (χ3v) is 6.71. The lowest BCUT2D eigenvalue weighted by atomic mass is 9.68. The fourth-order valence-electron chi connectivity index (χ4n) is 4.59. The van der Waals surface area contributed by atoms with Gasteiger partial charge in [0.2, 0.25) is 0 Å². The maximum atomic E-state index is 14.2. The number of hydrogen-bond donors (Lipinski definition) is 2. The molecule has 0 saturated heterocycles. The molecule has 162 valence electrons. The van der Waals surface area contributed by atoms with Crippen LogP contribution in [0.15, 0.2) is 42.0 Å². The van der Waals surface area contributed by atoms with Crippen molar-refractivity contribution in [2.75, 3.05) is 5.32 Å². The summed E-state index contributed by atoms with van der Waals surface area (Å²) >= 11 is 1.25. The standard InChI is InChI=1S/C24H27FN4OS/c1-14-4-5-19(25)18(8-14)23-29-21(13-31-23)22(30)28-20-12-27-7-6-17(20)15-9-16(26)11-24(2,3)10-15/h4-8,12-13,15-16H,9-11,26H2,1-3H3,(H,28,30)/t15-,16+/m0/s1. The van der Waals surface area contributed by atoms with E-state index in [4.69, 9.17) is 5.73 Å². The third kappa shape index (κ3) is 4.83. The van der Waals surface area contributed by atoms with Gasteiger partial charge in [-0.15, -0.1) is 11.3 Å². The second kappa shape index (κ2) is 8.48. The number of nitrogens with two attached hydrogens (primary N) is 1. The van der Waals surface area contributed by atoms with Crippen LogP contribution in [0.5, 0.6) is 0 Å². The van der Waals surface area contributed by atoms with E-state index < -0.39 is 0 Å². The van der Waals surface area contributed by atoms with Crippen LogP contribution in [0.3, 0.4) is 0 Å². The number of benzene rings is 1. The Morgan fingerprint density at radius 2 is 2.10 bits per heavy atom. The number of rotatable bonds is 4. The van der Waals surface area contributed by atoms with Gasteiger partial charge in [-0.05, 0) is 61.3 Å². The fraction of sp³-hybridized carbons (Fsp3) is 0.375. The lowest BCUT2D eigenvalue weighted by Crippen LogP contribution is -2.36. The molecule has 1 aliphatic rings. The van der Waals surface area contributed by atoms with Crippen molar-refractivity contribution in [1.29, 1.82) is 0 Å². The van der Waals surface area contributed by atoms with Gasteiger partial charge in [-0.2, -0.15) is 0 Å². The van der Waals surface area contributed by atoms with E-state index in [9.17, 15) is 9.18 Å². The van der Waals surface area contributed by atoms with Crippen molar-refractivity contribution in [3.8, 4) is 10.6 Å². The molecule has 4 rings (SSSR count). The van der Waals surface area contributed by atoms with Gasteiger partial charge in [-0.25, -0.2) is 9.37 Å². The summed E-state index contributed by atoms with van der Waals surface area (Å²) in [7, 11) is 0. The number of aryl methyl sites for hydroxylation is 1. The zero-order valence-corrected chi connectivity index (χ0v) is 18.8. The SMILES string of the molecule is Cc1ccc(F)c(-c2nc(C(=O)Nc3cnccc3[C@H]3C[C@@H](N)CC(C)(C)C3)cs2)c1. The van der Waals surface area contributed by atoms with Gasteiger partial charge < -0.3 is 11.1 Å². The van der Waals surface area contributed by atoms with Crippen molar-refractivity contribution in [2.45, 2.75) is 52.0 Å². The van der Waals surface area contributed by atoms with E-state index in [2.05, 4.69) is 29.1 Å². The largest absolute Gasteiger partial charge is 0.328 e. The number of amides is 1. The number of carbonyl (C=O) groups excluding carboxylic acids is 1. The number of pyridine rings is 1. The van der Waals surface area contributed by atoms with E-state index in [0.717, 1.165) is 30.4 Å². The van der Waals surface area contributed by atoms with Crippen LogP contribution in [0.1, 0.15) is 60.6 Å². The number of aromatic nitrogens is 2. The highest BCUT2D eigenvalue weighted by Gasteiger charge is 2.34. The van der Waals surface area contributed by atoms with Gasteiger partial charge in [0, 0.05) is 23.2 Å². The molecule has 2 heterocycles. The Bertz CT molecular complexity index is 1110. The summed E-state index contributed by atoms with van der Waals surface area (Å²) in [6.45, 7) is 6.37. The van der Waals surface area contributed by atoms with E-state index in [1.54, 1.807) is 29.9 Å². The van der Waals surface area contributed by atoms with Crippen molar-refractivity contribution in [1.82, 2.24) is 9.97 Å². The molecule has 0 unspecified atom stereocenters. The highest BCUT2D eigenvalue weighted by atomic mass is 32.1. The van der Waals surface area contributed by atoms with Crippen molar-refractivity contribution in [2.24, 2.45) is 11.1 Å². The zero-order valence-electron chi connectivity index (χ0n) is 18.0. The van der Waals surface area contributed by atoms with Crippen LogP contribution in [0, 0.1) is 18.2 Å². The number of halogens is 1. The lowest BCUT2D eigenvalue weighted by molar-refractivity contribution is 0.102. The summed E-state index contributed by atoms with van der Waals surface area (Å²) < 4.78 is 14.2. The van der Waals surface area contributed by atoms with Gasteiger partial charge in [0.25, 0.3) is 5.91 Å². The summed E-state index contributed by atoms with van der Waals surface area (Å²) in [5.41, 5.74) is 9.80. The Kier molecular flexibility index (Phi) is 5.90. The van der Waals surface area contributed by atoms with Gasteiger partial charge in [0.05, 0.1) is 11.9 Å². The predicted octanol–water partition coefficient (Wildman–Crippen LogP) is 5.53. The summed E-state index contributed by atoms with van der Waals surface area (Å²) in [6.07, 6.45) is 6.30. The van der Waals surface area contributed by atoms with E-state index in [1.807, 2.05) is 13.0 Å². The molecule has 1 amide bonds. The second-order valence-corrected chi connectivity index (χ2v) is 10.1. The molecular formula is C24H27FN4OS. The van der Waals surface area contributed by atoms with Gasteiger partial charge >= 0.3 is 0 Å². The minimum atomic E-state index is -0.349. The molecule has 1 fully saturated rings. The Labute approximate surface area is 185 Å². The molecule has 2 atom stereocenters. The molecule has 5 nitrogen and oxygen atoms in total. The molecule has 3 N–H and O–H groups in total. The molecule has 1 saturated carbocycles. The number of nitrogens with one attached hydrogen (secondary N) is 1. The minimum Gasteiger partial charge on any atom is -0.328 e. The van der Waals surface area contributed by atoms with E-state index in [1.165, 1.54) is 17.4 Å². The lowest BCUT2D eigenvalue weighted by Gasteiger charge is -2.39. The molecule has 0 aliphatic heterocycles. The molecule has 0 bridgehead atoms. The molecule has 0 spiro atoms. The van der Waals surface area contributed by atoms with Gasteiger partial charge in [-0.1, -0.05) is 25.5 Å². The zero-order chi connectivity index (χ0) is 22.2. The number of anilines is 1. The Morgan fingerprint density at radius 3 is 2.87 bits per heavy atom. The number of carbonyl (C=O) groups is 1. The highest BCUT2D eigenvalue weighted by molar-refractivity contribution is 7.13. The Balaban J connectivity index is 1.56. The van der Waals surface area contributed by atoms with Crippen molar-refractivity contribution >= 4 is 22.9 Å². The topological polar surface area (TPSA) is 80.9 Å². The Morgan fingerprint density at radius 1 is 1.29 bits per heavy atom. The third-order valence-electron chi connectivity index (χ3n) is 5.83. The van der Waals surface area contributed by atoms with Gasteiger partial charge in [0.1, 0.15) is 16.5 Å². The van der Waals surface area contributed by atoms with Gasteiger partial charge in [-0.3, -0.25) is 9.78 Å². The number of nitrogens with zero attached hydrogens (tertiary/aromatic N) is 2. The van der Waals surface area contributed by atoms with Crippen molar-refractivity contribution in [3.05, 3.63) is 64.7 Å². The summed E-state index contributed by atoms with van der Waals surface area (Å²) in [5, 5.41) is 5.10. The van der Waals surface area contributed by atoms with Crippen LogP contribution in [0.25, 0.3) is 10.6 Å². The monoisotopic (exact) mass is 438 g/mol. The fourth-order valence-corrected chi connectivity index (χ4v) is 5.40. The Hall–Kier alpha value is -2.64. The van der Waals surface area contributed by atoms with E-state index in [0.29, 0.717) is 16.3 Å².